The predicted molar refractivity (Wildman–Crippen MR) is 104 cm³/mol. The van der Waals surface area contributed by atoms with Crippen molar-refractivity contribution in [1.29, 1.82) is 0 Å². The zero-order chi connectivity index (χ0) is 20.1. The average Bonchev–Trinajstić information content (AvgIpc) is 3.10. The largest absolute Gasteiger partial charge is 0.497 e. The van der Waals surface area contributed by atoms with E-state index in [4.69, 9.17) is 19.3 Å². The molecule has 2 heterocycles. The molecule has 0 saturated carbocycles. The van der Waals surface area contributed by atoms with Gasteiger partial charge in [-0.05, 0) is 50.8 Å². The Morgan fingerprint density at radius 1 is 1.32 bits per heavy atom. The van der Waals surface area contributed by atoms with Crippen LogP contribution in [0, 0.1) is 5.92 Å². The van der Waals surface area contributed by atoms with Gasteiger partial charge in [-0.25, -0.2) is 4.79 Å². The average molecular weight is 388 g/mol. The van der Waals surface area contributed by atoms with Crippen LogP contribution in [-0.2, 0) is 27.4 Å². The maximum atomic E-state index is 11.3. The zero-order valence-electron chi connectivity index (χ0n) is 16.7. The first kappa shape index (κ1) is 20.4. The molecule has 1 fully saturated rings. The zero-order valence-corrected chi connectivity index (χ0v) is 16.7. The van der Waals surface area contributed by atoms with Crippen LogP contribution in [0.1, 0.15) is 32.4 Å². The molecule has 1 aliphatic rings. The second-order valence-electron chi connectivity index (χ2n) is 7.59. The van der Waals surface area contributed by atoms with E-state index in [0.717, 1.165) is 49.6 Å². The molecule has 3 rings (SSSR count). The van der Waals surface area contributed by atoms with E-state index in [1.807, 2.05) is 35.0 Å². The number of nitrogens with zero attached hydrogens (tertiary/aromatic N) is 2. The lowest BCUT2D eigenvalue weighted by molar-refractivity contribution is -0.162. The Bertz CT molecular complexity index is 809. The van der Waals surface area contributed by atoms with Crippen LogP contribution in [0.3, 0.4) is 0 Å². The number of benzene rings is 1. The summed E-state index contributed by atoms with van der Waals surface area (Å²) >= 11 is 0. The molecule has 28 heavy (non-hydrogen) atoms. The number of rotatable bonds is 8. The minimum Gasteiger partial charge on any atom is -0.497 e. The molecule has 0 bridgehead atoms. The van der Waals surface area contributed by atoms with Crippen molar-refractivity contribution in [2.24, 2.45) is 5.92 Å². The fourth-order valence-electron chi connectivity index (χ4n) is 3.18. The highest BCUT2D eigenvalue weighted by molar-refractivity contribution is 5.76. The number of aromatic nitrogens is 2. The summed E-state index contributed by atoms with van der Waals surface area (Å²) in [6.07, 6.45) is 2.02. The molecule has 7 heteroatoms. The van der Waals surface area contributed by atoms with Crippen LogP contribution in [0.4, 0.5) is 0 Å². The Balaban J connectivity index is 1.86. The van der Waals surface area contributed by atoms with Gasteiger partial charge >= 0.3 is 5.97 Å². The van der Waals surface area contributed by atoms with E-state index in [0.29, 0.717) is 11.6 Å². The molecule has 1 saturated heterocycles. The van der Waals surface area contributed by atoms with Gasteiger partial charge in [0.25, 0.3) is 0 Å². The molecule has 0 radical (unpaired) electrons. The van der Waals surface area contributed by atoms with Gasteiger partial charge in [0.05, 0.1) is 25.1 Å². The fraction of sp³-hybridized carbons (Fsp3) is 0.524. The highest BCUT2D eigenvalue weighted by Gasteiger charge is 2.28. The van der Waals surface area contributed by atoms with Crippen LogP contribution in [0.25, 0.3) is 11.3 Å². The second kappa shape index (κ2) is 8.75. The number of carboxylic acid groups (broad SMARTS) is 1. The highest BCUT2D eigenvalue weighted by atomic mass is 16.5. The minimum atomic E-state index is -1.26. The Hall–Kier alpha value is -2.38. The second-order valence-corrected chi connectivity index (χ2v) is 7.59. The van der Waals surface area contributed by atoms with Crippen LogP contribution >= 0.6 is 0 Å². The smallest absolute Gasteiger partial charge is 0.335 e. The summed E-state index contributed by atoms with van der Waals surface area (Å²) in [6.45, 7) is 5.57. The van der Waals surface area contributed by atoms with Gasteiger partial charge in [-0.2, -0.15) is 5.10 Å². The molecule has 0 unspecified atom stereocenters. The van der Waals surface area contributed by atoms with Gasteiger partial charge in [-0.3, -0.25) is 4.68 Å². The van der Waals surface area contributed by atoms with E-state index in [-0.39, 0.29) is 6.61 Å². The molecule has 7 nitrogen and oxygen atoms in total. The van der Waals surface area contributed by atoms with E-state index in [2.05, 4.69) is 0 Å². The Morgan fingerprint density at radius 3 is 2.75 bits per heavy atom. The Labute approximate surface area is 165 Å². The van der Waals surface area contributed by atoms with E-state index >= 15 is 0 Å². The molecule has 0 spiro atoms. The number of ether oxygens (including phenoxy) is 3. The van der Waals surface area contributed by atoms with Crippen LogP contribution in [-0.4, -0.2) is 46.8 Å². The lowest BCUT2D eigenvalue weighted by Crippen LogP contribution is -2.34. The molecule has 1 aromatic heterocycles. The van der Waals surface area contributed by atoms with Crippen LogP contribution in [0.15, 0.2) is 30.3 Å². The van der Waals surface area contributed by atoms with E-state index in [1.54, 1.807) is 7.11 Å². The maximum Gasteiger partial charge on any atom is 0.335 e. The van der Waals surface area contributed by atoms with Gasteiger partial charge in [0.15, 0.2) is 5.60 Å². The summed E-state index contributed by atoms with van der Waals surface area (Å²) in [7, 11) is 1.64. The van der Waals surface area contributed by atoms with Gasteiger partial charge in [0, 0.05) is 25.3 Å². The maximum absolute atomic E-state index is 11.3. The van der Waals surface area contributed by atoms with Crippen molar-refractivity contribution in [3.8, 4) is 17.0 Å². The summed E-state index contributed by atoms with van der Waals surface area (Å²) in [4.78, 5) is 11.3. The number of aliphatic carboxylic acids is 1. The highest BCUT2D eigenvalue weighted by Crippen LogP contribution is 2.27. The van der Waals surface area contributed by atoms with Crippen molar-refractivity contribution in [2.45, 2.75) is 45.4 Å². The van der Waals surface area contributed by atoms with Crippen molar-refractivity contribution in [3.05, 3.63) is 36.0 Å². The first-order valence-electron chi connectivity index (χ1n) is 9.55. The number of carbonyl (C=O) groups is 1. The van der Waals surface area contributed by atoms with Gasteiger partial charge in [-0.15, -0.1) is 0 Å². The van der Waals surface area contributed by atoms with E-state index in [9.17, 15) is 9.90 Å². The van der Waals surface area contributed by atoms with Gasteiger partial charge in [0.2, 0.25) is 0 Å². The minimum absolute atomic E-state index is 0.136. The number of methoxy groups -OCH3 is 1. The molecule has 1 N–H and O–H groups in total. The summed E-state index contributed by atoms with van der Waals surface area (Å²) in [5.74, 6) is 0.283. The first-order chi connectivity index (χ1) is 13.4. The normalized spacial score (nSPS) is 15.5. The summed E-state index contributed by atoms with van der Waals surface area (Å²) < 4.78 is 18.4. The van der Waals surface area contributed by atoms with E-state index in [1.165, 1.54) is 13.8 Å². The number of hydrogen-bond donors (Lipinski definition) is 1. The standard InChI is InChI=1S/C21H28N2O5/c1-21(2,20(24)25)28-14-17-12-19(16-5-4-6-18(11-16)26-3)23(22-17)13-15-7-9-27-10-8-15/h4-6,11-12,15H,7-10,13-14H2,1-3H3,(H,24,25). The lowest BCUT2D eigenvalue weighted by atomic mass is 10.0. The summed E-state index contributed by atoms with van der Waals surface area (Å²) in [5.41, 5.74) is 1.42. The van der Waals surface area contributed by atoms with Crippen LogP contribution in [0.2, 0.25) is 0 Å². The van der Waals surface area contributed by atoms with Crippen LogP contribution < -0.4 is 4.74 Å². The monoisotopic (exact) mass is 388 g/mol. The van der Waals surface area contributed by atoms with Crippen molar-refractivity contribution in [2.75, 3.05) is 20.3 Å². The SMILES string of the molecule is COc1cccc(-c2cc(COC(C)(C)C(=O)O)nn2CC2CCOCC2)c1. The number of hydrogen-bond acceptors (Lipinski definition) is 5. The Kier molecular flexibility index (Phi) is 6.36. The molecular formula is C21H28N2O5. The van der Waals surface area contributed by atoms with Crippen molar-refractivity contribution < 1.29 is 24.1 Å². The van der Waals surface area contributed by atoms with Crippen molar-refractivity contribution >= 4 is 5.97 Å². The Morgan fingerprint density at radius 2 is 2.07 bits per heavy atom. The molecule has 0 aliphatic carbocycles. The van der Waals surface area contributed by atoms with Gasteiger partial charge in [-0.1, -0.05) is 12.1 Å². The molecule has 2 aromatic rings. The molecule has 1 aliphatic heterocycles. The molecular weight excluding hydrogens is 360 g/mol. The topological polar surface area (TPSA) is 82.8 Å². The third-order valence-electron chi connectivity index (χ3n) is 5.06. The lowest BCUT2D eigenvalue weighted by Gasteiger charge is -2.22. The summed E-state index contributed by atoms with van der Waals surface area (Å²) in [5, 5.41) is 14.0. The molecule has 152 valence electrons. The van der Waals surface area contributed by atoms with Gasteiger partial charge in [0.1, 0.15) is 5.75 Å². The number of carboxylic acids is 1. The molecule has 0 amide bonds. The fourth-order valence-corrected chi connectivity index (χ4v) is 3.18. The van der Waals surface area contributed by atoms with Crippen molar-refractivity contribution in [1.82, 2.24) is 9.78 Å². The molecule has 0 atom stereocenters. The summed E-state index contributed by atoms with van der Waals surface area (Å²) in [6, 6.07) is 9.81. The third-order valence-corrected chi connectivity index (χ3v) is 5.06. The first-order valence-corrected chi connectivity index (χ1v) is 9.55. The van der Waals surface area contributed by atoms with Gasteiger partial charge < -0.3 is 19.3 Å². The predicted octanol–water partition coefficient (Wildman–Crippen LogP) is 3.37. The molecule has 1 aromatic carbocycles. The third kappa shape index (κ3) is 4.91. The van der Waals surface area contributed by atoms with Crippen LogP contribution in [0.5, 0.6) is 5.75 Å². The van der Waals surface area contributed by atoms with Crippen molar-refractivity contribution in [3.63, 3.8) is 0 Å². The quantitative estimate of drug-likeness (QED) is 0.747. The van der Waals surface area contributed by atoms with E-state index < -0.39 is 11.6 Å².